The van der Waals surface area contributed by atoms with Crippen molar-refractivity contribution in [3.8, 4) is 0 Å². The van der Waals surface area contributed by atoms with Gasteiger partial charge in [-0.05, 0) is 49.9 Å². The van der Waals surface area contributed by atoms with Crippen molar-refractivity contribution in [1.29, 1.82) is 0 Å². The summed E-state index contributed by atoms with van der Waals surface area (Å²) in [5, 5.41) is 2.93. The molecule has 2 atom stereocenters. The van der Waals surface area contributed by atoms with Crippen LogP contribution in [0.4, 0.5) is 4.39 Å². The number of hydrogen-bond acceptors (Lipinski definition) is 2. The molecule has 0 radical (unpaired) electrons. The molecular weight excluding hydrogens is 255 g/mol. The Morgan fingerprint density at radius 2 is 2.15 bits per heavy atom. The third kappa shape index (κ3) is 4.04. The highest BCUT2D eigenvalue weighted by molar-refractivity contribution is 5.81. The average Bonchev–Trinajstić information content (AvgIpc) is 2.45. The Morgan fingerprint density at radius 1 is 1.45 bits per heavy atom. The number of halogens is 1. The molecule has 1 fully saturated rings. The quantitative estimate of drug-likeness (QED) is 0.918. The molecule has 1 N–H and O–H groups in total. The summed E-state index contributed by atoms with van der Waals surface area (Å²) in [4.78, 5) is 14.4. The molecule has 20 heavy (non-hydrogen) atoms. The molecule has 2 rings (SSSR count). The van der Waals surface area contributed by atoms with Gasteiger partial charge in [0.1, 0.15) is 5.82 Å². The summed E-state index contributed by atoms with van der Waals surface area (Å²) in [5.74, 6) is 0.454. The highest BCUT2D eigenvalue weighted by Crippen LogP contribution is 2.17. The number of hydrogen-bond donors (Lipinski definition) is 1. The number of carbonyl (C=O) groups is 1. The zero-order chi connectivity index (χ0) is 14.5. The van der Waals surface area contributed by atoms with E-state index < -0.39 is 0 Å². The summed E-state index contributed by atoms with van der Waals surface area (Å²) in [5.41, 5.74) is 0.916. The lowest BCUT2D eigenvalue weighted by molar-refractivity contribution is -0.126. The van der Waals surface area contributed by atoms with E-state index in [9.17, 15) is 9.18 Å². The van der Waals surface area contributed by atoms with Crippen LogP contribution in [0.25, 0.3) is 0 Å². The number of nitrogens with one attached hydrogen (secondary N) is 1. The highest BCUT2D eigenvalue weighted by Gasteiger charge is 2.25. The van der Waals surface area contributed by atoms with Crippen LogP contribution in [-0.2, 0) is 11.3 Å². The highest BCUT2D eigenvalue weighted by atomic mass is 19.1. The lowest BCUT2D eigenvalue weighted by atomic mass is 9.99. The first-order chi connectivity index (χ1) is 9.56. The third-order valence-corrected chi connectivity index (χ3v) is 4.00. The zero-order valence-electron chi connectivity index (χ0n) is 12.2. The van der Waals surface area contributed by atoms with Gasteiger partial charge in [0.05, 0.1) is 6.04 Å². The first-order valence-corrected chi connectivity index (χ1v) is 7.32. The molecule has 1 heterocycles. The van der Waals surface area contributed by atoms with Crippen molar-refractivity contribution in [2.24, 2.45) is 5.92 Å². The smallest absolute Gasteiger partial charge is 0.237 e. The fourth-order valence-electron chi connectivity index (χ4n) is 2.68. The van der Waals surface area contributed by atoms with Gasteiger partial charge in [0.15, 0.2) is 0 Å². The van der Waals surface area contributed by atoms with Crippen LogP contribution >= 0.6 is 0 Å². The van der Waals surface area contributed by atoms with Gasteiger partial charge >= 0.3 is 0 Å². The summed E-state index contributed by atoms with van der Waals surface area (Å²) in [6.07, 6.45) is 2.41. The standard InChI is InChI=1S/C16H23FN2O/c1-12-4-3-9-19(11-12)13(2)16(20)18-10-14-5-7-15(17)8-6-14/h5-8,12-13H,3-4,9-11H2,1-2H3,(H,18,20)/t12-,13-/m0/s1. The van der Waals surface area contributed by atoms with Crippen molar-refractivity contribution in [3.63, 3.8) is 0 Å². The summed E-state index contributed by atoms with van der Waals surface area (Å²) in [6.45, 7) is 6.63. The molecule has 0 aliphatic carbocycles. The van der Waals surface area contributed by atoms with Crippen molar-refractivity contribution in [2.75, 3.05) is 13.1 Å². The van der Waals surface area contributed by atoms with Crippen LogP contribution < -0.4 is 5.32 Å². The Morgan fingerprint density at radius 3 is 2.80 bits per heavy atom. The molecule has 0 unspecified atom stereocenters. The summed E-state index contributed by atoms with van der Waals surface area (Å²) >= 11 is 0. The molecule has 4 heteroatoms. The SMILES string of the molecule is C[C@H]1CCCN([C@@H](C)C(=O)NCc2ccc(F)cc2)C1. The average molecular weight is 278 g/mol. The van der Waals surface area contributed by atoms with Crippen molar-refractivity contribution >= 4 is 5.91 Å². The van der Waals surface area contributed by atoms with E-state index >= 15 is 0 Å². The third-order valence-electron chi connectivity index (χ3n) is 4.00. The number of carbonyl (C=O) groups excluding carboxylic acids is 1. The van der Waals surface area contributed by atoms with Gasteiger partial charge in [-0.2, -0.15) is 0 Å². The Hall–Kier alpha value is -1.42. The van der Waals surface area contributed by atoms with Gasteiger partial charge in [-0.1, -0.05) is 19.1 Å². The molecule has 0 spiro atoms. The van der Waals surface area contributed by atoms with Crippen LogP contribution in [0.3, 0.4) is 0 Å². The number of amides is 1. The first kappa shape index (κ1) is 15.0. The summed E-state index contributed by atoms with van der Waals surface area (Å²) in [6, 6.07) is 6.12. The molecule has 0 saturated carbocycles. The first-order valence-electron chi connectivity index (χ1n) is 7.32. The van der Waals surface area contributed by atoms with Gasteiger partial charge in [-0.15, -0.1) is 0 Å². The second-order valence-electron chi connectivity index (χ2n) is 5.76. The van der Waals surface area contributed by atoms with Gasteiger partial charge in [-0.25, -0.2) is 4.39 Å². The zero-order valence-corrected chi connectivity index (χ0v) is 12.2. The largest absolute Gasteiger partial charge is 0.351 e. The minimum atomic E-state index is -0.254. The van der Waals surface area contributed by atoms with E-state index in [1.807, 2.05) is 6.92 Å². The molecule has 1 aromatic carbocycles. The van der Waals surface area contributed by atoms with Crippen LogP contribution in [0.15, 0.2) is 24.3 Å². The second kappa shape index (κ2) is 6.84. The lowest BCUT2D eigenvalue weighted by Crippen LogP contribution is -2.48. The Bertz CT molecular complexity index is 446. The molecule has 0 aromatic heterocycles. The predicted octanol–water partition coefficient (Wildman–Crippen LogP) is 2.56. The van der Waals surface area contributed by atoms with Gasteiger partial charge in [-0.3, -0.25) is 9.69 Å². The van der Waals surface area contributed by atoms with Gasteiger partial charge < -0.3 is 5.32 Å². The second-order valence-corrected chi connectivity index (χ2v) is 5.76. The molecule has 1 saturated heterocycles. The number of rotatable bonds is 4. The molecule has 110 valence electrons. The van der Waals surface area contributed by atoms with Crippen molar-refractivity contribution in [3.05, 3.63) is 35.6 Å². The van der Waals surface area contributed by atoms with Gasteiger partial charge in [0.25, 0.3) is 0 Å². The minimum Gasteiger partial charge on any atom is -0.351 e. The van der Waals surface area contributed by atoms with Crippen molar-refractivity contribution < 1.29 is 9.18 Å². The van der Waals surface area contributed by atoms with Crippen LogP contribution in [0.1, 0.15) is 32.3 Å². The lowest BCUT2D eigenvalue weighted by Gasteiger charge is -2.34. The molecule has 3 nitrogen and oxygen atoms in total. The van der Waals surface area contributed by atoms with E-state index in [0.29, 0.717) is 12.5 Å². The fourth-order valence-corrected chi connectivity index (χ4v) is 2.68. The van der Waals surface area contributed by atoms with Crippen molar-refractivity contribution in [1.82, 2.24) is 10.2 Å². The Balaban J connectivity index is 1.83. The topological polar surface area (TPSA) is 32.3 Å². The van der Waals surface area contributed by atoms with Crippen LogP contribution in [0.2, 0.25) is 0 Å². The molecule has 0 bridgehead atoms. The Kier molecular flexibility index (Phi) is 5.12. The molecule has 1 aliphatic rings. The number of nitrogens with zero attached hydrogens (tertiary/aromatic N) is 1. The summed E-state index contributed by atoms with van der Waals surface area (Å²) < 4.78 is 12.8. The normalized spacial score (nSPS) is 21.4. The van der Waals surface area contributed by atoms with Crippen LogP contribution in [0, 0.1) is 11.7 Å². The maximum Gasteiger partial charge on any atom is 0.237 e. The van der Waals surface area contributed by atoms with E-state index in [2.05, 4.69) is 17.1 Å². The maximum absolute atomic E-state index is 12.8. The fraction of sp³-hybridized carbons (Fsp3) is 0.562. The van der Waals surface area contributed by atoms with Crippen LogP contribution in [0.5, 0.6) is 0 Å². The van der Waals surface area contributed by atoms with Gasteiger partial charge in [0.2, 0.25) is 5.91 Å². The summed E-state index contributed by atoms with van der Waals surface area (Å²) in [7, 11) is 0. The molecule has 1 aliphatic heterocycles. The molecular formula is C16H23FN2O. The van der Waals surface area contributed by atoms with Gasteiger partial charge in [0, 0.05) is 13.1 Å². The van der Waals surface area contributed by atoms with E-state index in [4.69, 9.17) is 0 Å². The predicted molar refractivity (Wildman–Crippen MR) is 77.7 cm³/mol. The van der Waals surface area contributed by atoms with E-state index in [1.54, 1.807) is 12.1 Å². The number of benzene rings is 1. The molecule has 1 aromatic rings. The van der Waals surface area contributed by atoms with Crippen LogP contribution in [-0.4, -0.2) is 29.9 Å². The Labute approximate surface area is 120 Å². The van der Waals surface area contributed by atoms with E-state index in [1.165, 1.54) is 18.6 Å². The van der Waals surface area contributed by atoms with Crippen molar-refractivity contribution in [2.45, 2.75) is 39.3 Å². The maximum atomic E-state index is 12.8. The minimum absolute atomic E-state index is 0.0448. The number of piperidine rings is 1. The monoisotopic (exact) mass is 278 g/mol. The van der Waals surface area contributed by atoms with E-state index in [-0.39, 0.29) is 17.8 Å². The van der Waals surface area contributed by atoms with E-state index in [0.717, 1.165) is 25.1 Å². The molecule has 1 amide bonds. The number of likely N-dealkylation sites (tertiary alicyclic amines) is 1.